The third-order valence-electron chi connectivity index (χ3n) is 6.02. The fourth-order valence-corrected chi connectivity index (χ4v) is 12.4. The molecular formula is C16H23NO2Sn. The zero-order valence-electron chi connectivity index (χ0n) is 12.8. The Kier molecular flexibility index (Phi) is 3.03. The van der Waals surface area contributed by atoms with Crippen LogP contribution in [0.3, 0.4) is 0 Å². The Bertz CT molecular complexity index is 581. The molecule has 20 heavy (non-hydrogen) atoms. The first-order valence-electron chi connectivity index (χ1n) is 7.49. The number of non-ortho nitro benzene ring substituents is 1. The van der Waals surface area contributed by atoms with E-state index in [-0.39, 0.29) is 16.0 Å². The molecule has 1 aromatic rings. The molecule has 0 unspecified atom stereocenters. The van der Waals surface area contributed by atoms with Gasteiger partial charge in [0.05, 0.1) is 0 Å². The first kappa shape index (κ1) is 14.4. The van der Waals surface area contributed by atoms with Gasteiger partial charge in [-0.15, -0.1) is 0 Å². The van der Waals surface area contributed by atoms with Gasteiger partial charge in [-0.05, 0) is 0 Å². The van der Waals surface area contributed by atoms with Gasteiger partial charge in [0, 0.05) is 0 Å². The summed E-state index contributed by atoms with van der Waals surface area (Å²) in [7, 11) is 0. The fraction of sp³-hybridized carbons (Fsp3) is 0.625. The maximum atomic E-state index is 11.1. The van der Waals surface area contributed by atoms with Gasteiger partial charge in [0.15, 0.2) is 0 Å². The van der Waals surface area contributed by atoms with E-state index in [9.17, 15) is 10.1 Å². The van der Waals surface area contributed by atoms with Crippen LogP contribution in [-0.4, -0.2) is 23.3 Å². The molecule has 3 aliphatic rings. The van der Waals surface area contributed by atoms with Crippen LogP contribution in [0.15, 0.2) is 18.2 Å². The summed E-state index contributed by atoms with van der Waals surface area (Å²) in [5, 5.41) is 11.1. The third-order valence-corrected chi connectivity index (χ3v) is 16.4. The molecular weight excluding hydrogens is 357 g/mol. The molecule has 0 radical (unpaired) electrons. The average Bonchev–Trinajstić information content (AvgIpc) is 2.38. The molecule has 4 heteroatoms. The predicted molar refractivity (Wildman–Crippen MR) is 83.9 cm³/mol. The molecule has 0 N–H and O–H groups in total. The zero-order chi connectivity index (χ0) is 14.8. The monoisotopic (exact) mass is 381 g/mol. The van der Waals surface area contributed by atoms with Crippen LogP contribution in [0.4, 0.5) is 5.69 Å². The average molecular weight is 380 g/mol. The minimum absolute atomic E-state index is 0.239. The molecule has 0 aromatic heterocycles. The Labute approximate surface area is 124 Å². The number of benzene rings is 1. The van der Waals surface area contributed by atoms with Crippen molar-refractivity contribution in [3.8, 4) is 0 Å². The van der Waals surface area contributed by atoms with Gasteiger partial charge in [-0.3, -0.25) is 0 Å². The van der Waals surface area contributed by atoms with E-state index in [0.29, 0.717) is 3.43 Å². The number of nitro groups is 1. The Balaban J connectivity index is 2.27. The van der Waals surface area contributed by atoms with E-state index < -0.39 is 18.4 Å². The molecule has 1 aromatic carbocycles. The topological polar surface area (TPSA) is 43.1 Å². The van der Waals surface area contributed by atoms with Gasteiger partial charge in [-0.2, -0.15) is 0 Å². The van der Waals surface area contributed by atoms with Gasteiger partial charge in [0.1, 0.15) is 0 Å². The van der Waals surface area contributed by atoms with Crippen LogP contribution in [0.2, 0.25) is 14.8 Å². The van der Waals surface area contributed by atoms with Crippen molar-refractivity contribution < 1.29 is 4.92 Å². The Morgan fingerprint density at radius 1 is 1.10 bits per heavy atom. The summed E-state index contributed by atoms with van der Waals surface area (Å²) in [4.78, 5) is 18.4. The molecule has 4 rings (SSSR count). The van der Waals surface area contributed by atoms with Gasteiger partial charge in [0.25, 0.3) is 0 Å². The summed E-state index contributed by atoms with van der Waals surface area (Å²) in [5.41, 5.74) is 3.28. The van der Waals surface area contributed by atoms with E-state index in [1.165, 1.54) is 36.8 Å². The number of fused-ring (bicyclic) bond motifs is 2. The van der Waals surface area contributed by atoms with E-state index in [4.69, 9.17) is 0 Å². The second kappa shape index (κ2) is 4.21. The molecule has 2 bridgehead atoms. The molecule has 0 spiro atoms. The number of nitro benzene ring substituents is 1. The van der Waals surface area contributed by atoms with Crippen molar-refractivity contribution >= 4 is 24.1 Å². The van der Waals surface area contributed by atoms with Crippen molar-refractivity contribution in [3.05, 3.63) is 39.4 Å². The Hall–Kier alpha value is -0.581. The van der Waals surface area contributed by atoms with Gasteiger partial charge < -0.3 is 0 Å². The first-order valence-corrected chi connectivity index (χ1v) is 17.5. The molecule has 3 nitrogen and oxygen atoms in total. The summed E-state index contributed by atoms with van der Waals surface area (Å²) in [6, 6.07) is 5.67. The number of rotatable bonds is 2. The number of hydrogen-bond donors (Lipinski definition) is 0. The van der Waals surface area contributed by atoms with E-state index in [0.717, 1.165) is 0 Å². The second-order valence-corrected chi connectivity index (χ2v) is 23.5. The summed E-state index contributed by atoms with van der Waals surface area (Å²) < 4.78 is 0.313. The van der Waals surface area contributed by atoms with Crippen molar-refractivity contribution in [1.82, 2.24) is 0 Å². The van der Waals surface area contributed by atoms with E-state index in [2.05, 4.69) is 27.8 Å². The van der Waals surface area contributed by atoms with Crippen LogP contribution >= 0.6 is 0 Å². The van der Waals surface area contributed by atoms with Crippen LogP contribution in [0.1, 0.15) is 43.7 Å². The summed E-state index contributed by atoms with van der Waals surface area (Å²) >= 11 is -2.24. The van der Waals surface area contributed by atoms with E-state index in [1.54, 1.807) is 6.07 Å². The van der Waals surface area contributed by atoms with Crippen molar-refractivity contribution in [3.63, 3.8) is 0 Å². The van der Waals surface area contributed by atoms with Crippen molar-refractivity contribution in [2.24, 2.45) is 0 Å². The van der Waals surface area contributed by atoms with Crippen molar-refractivity contribution in [2.75, 3.05) is 0 Å². The van der Waals surface area contributed by atoms with Gasteiger partial charge in [-0.25, -0.2) is 0 Å². The molecule has 0 atom stereocenters. The third kappa shape index (κ3) is 1.78. The van der Waals surface area contributed by atoms with Crippen LogP contribution < -0.4 is 0 Å². The van der Waals surface area contributed by atoms with Crippen LogP contribution in [0, 0.1) is 10.1 Å². The van der Waals surface area contributed by atoms with E-state index >= 15 is 0 Å². The van der Waals surface area contributed by atoms with Gasteiger partial charge in [0.2, 0.25) is 0 Å². The quantitative estimate of drug-likeness (QED) is 0.429. The molecule has 0 amide bonds. The van der Waals surface area contributed by atoms with Crippen LogP contribution in [0.5, 0.6) is 0 Å². The molecule has 1 fully saturated rings. The van der Waals surface area contributed by atoms with Crippen molar-refractivity contribution in [1.29, 1.82) is 0 Å². The van der Waals surface area contributed by atoms with Gasteiger partial charge >= 0.3 is 125 Å². The van der Waals surface area contributed by atoms with Crippen LogP contribution in [0.25, 0.3) is 0 Å². The summed E-state index contributed by atoms with van der Waals surface area (Å²) in [6.45, 7) is 2.35. The van der Waals surface area contributed by atoms with Crippen LogP contribution in [-0.2, 0) is 8.85 Å². The SMILES string of the molecule is CC12CC[C]([Sn]([CH3])([CH3])[CH3])(CC1)c1cc([N+](=O)[O-])ccc12. The summed E-state index contributed by atoms with van der Waals surface area (Å²) in [5.74, 6) is 0. The Morgan fingerprint density at radius 2 is 1.70 bits per heavy atom. The number of hydrogen-bond acceptors (Lipinski definition) is 2. The van der Waals surface area contributed by atoms with Gasteiger partial charge in [-0.1, -0.05) is 0 Å². The summed E-state index contributed by atoms with van der Waals surface area (Å²) in [6.07, 6.45) is 5.01. The molecule has 0 saturated heterocycles. The second-order valence-electron chi connectivity index (χ2n) is 7.88. The normalized spacial score (nSPS) is 32.0. The minimum atomic E-state index is -2.24. The molecule has 0 heterocycles. The fourth-order valence-electron chi connectivity index (χ4n) is 4.49. The molecule has 0 aliphatic heterocycles. The molecule has 3 aliphatic carbocycles. The van der Waals surface area contributed by atoms with Crippen molar-refractivity contribution in [2.45, 2.75) is 56.3 Å². The van der Waals surface area contributed by atoms with E-state index in [1.807, 2.05) is 6.07 Å². The predicted octanol–water partition coefficient (Wildman–Crippen LogP) is 4.56. The standard InChI is InChI=1S/C13H14NO2.3CH3.Sn/c1-13-6-4-9(5-7-13)11-8-10(14(15)16)2-3-12(11)13;;;;/h2-3,8H,4-7H2,1H3;3*1H3;. The molecule has 1 saturated carbocycles. The first-order chi connectivity index (χ1) is 9.20. The molecule has 108 valence electrons. The zero-order valence-corrected chi connectivity index (χ0v) is 15.7. The number of nitrogens with zero attached hydrogens (tertiary/aromatic N) is 1. The Morgan fingerprint density at radius 3 is 2.20 bits per heavy atom. The maximum absolute atomic E-state index is 11.1.